The predicted molar refractivity (Wildman–Crippen MR) is 94.5 cm³/mol. The van der Waals surface area contributed by atoms with Gasteiger partial charge in [0.05, 0.1) is 12.0 Å². The van der Waals surface area contributed by atoms with Crippen molar-refractivity contribution in [2.24, 2.45) is 0 Å². The van der Waals surface area contributed by atoms with Gasteiger partial charge in [0.2, 0.25) is 0 Å². The Morgan fingerprint density at radius 3 is 2.37 bits per heavy atom. The molecule has 0 radical (unpaired) electrons. The maximum Gasteiger partial charge on any atom is 0.434 e. The van der Waals surface area contributed by atoms with Crippen LogP contribution >= 0.6 is 11.3 Å². The second kappa shape index (κ2) is 7.87. The summed E-state index contributed by atoms with van der Waals surface area (Å²) in [7, 11) is 0. The Morgan fingerprint density at radius 1 is 1.03 bits per heavy atom. The average molecular weight is 441 g/mol. The van der Waals surface area contributed by atoms with E-state index in [1.54, 1.807) is 6.07 Å². The Balaban J connectivity index is 2.00. The molecule has 0 atom stereocenters. The van der Waals surface area contributed by atoms with Crippen LogP contribution in [0.5, 0.6) is 0 Å². The first-order valence-electron chi connectivity index (χ1n) is 8.14. The second-order valence-electron chi connectivity index (χ2n) is 5.94. The predicted octanol–water partition coefficient (Wildman–Crippen LogP) is 5.54. The number of nitriles is 1. The van der Waals surface area contributed by atoms with E-state index in [9.17, 15) is 36.4 Å². The van der Waals surface area contributed by atoms with Crippen molar-refractivity contribution in [2.45, 2.75) is 18.8 Å². The lowest BCUT2D eigenvalue weighted by Crippen LogP contribution is -2.16. The minimum absolute atomic E-state index is 0.0829. The molecule has 4 nitrogen and oxygen atoms in total. The fourth-order valence-electron chi connectivity index (χ4n) is 2.72. The molecule has 11 heteroatoms. The number of carbonyl (C=O) groups is 1. The highest BCUT2D eigenvalue weighted by Crippen LogP contribution is 2.39. The van der Waals surface area contributed by atoms with Gasteiger partial charge in [0.25, 0.3) is 0 Å². The summed E-state index contributed by atoms with van der Waals surface area (Å²) in [6, 6.07) is 8.31. The van der Waals surface area contributed by atoms with Crippen LogP contribution in [0.3, 0.4) is 0 Å². The first-order valence-corrected chi connectivity index (χ1v) is 8.96. The fourth-order valence-corrected chi connectivity index (χ4v) is 3.60. The monoisotopic (exact) mass is 441 g/mol. The van der Waals surface area contributed by atoms with E-state index in [4.69, 9.17) is 0 Å². The van der Waals surface area contributed by atoms with E-state index < -0.39 is 41.4 Å². The number of halogens is 6. The van der Waals surface area contributed by atoms with Crippen LogP contribution in [0.2, 0.25) is 0 Å². The number of aromatic nitrogens is 2. The van der Waals surface area contributed by atoms with Gasteiger partial charge in [-0.3, -0.25) is 9.78 Å². The number of Topliss-reactive ketones (excluding diaryl/α,β-unsaturated/α-hetero) is 1. The summed E-state index contributed by atoms with van der Waals surface area (Å²) in [6.07, 6.45) is -9.30. The van der Waals surface area contributed by atoms with Crippen LogP contribution in [0.1, 0.15) is 31.5 Å². The van der Waals surface area contributed by atoms with Gasteiger partial charge in [-0.2, -0.15) is 31.6 Å². The number of hydrogen-bond donors (Lipinski definition) is 0. The van der Waals surface area contributed by atoms with E-state index in [0.717, 1.165) is 30.5 Å². The fraction of sp³-hybridized carbons (Fsp3) is 0.158. The zero-order valence-corrected chi connectivity index (χ0v) is 15.5. The highest BCUT2D eigenvalue weighted by molar-refractivity contribution is 7.12. The number of benzene rings is 1. The van der Waals surface area contributed by atoms with Gasteiger partial charge in [0.15, 0.2) is 11.5 Å². The van der Waals surface area contributed by atoms with Gasteiger partial charge in [-0.1, -0.05) is 18.2 Å². The number of rotatable bonds is 4. The zero-order chi connectivity index (χ0) is 22.1. The molecular weight excluding hydrogens is 432 g/mol. The Morgan fingerprint density at radius 2 is 1.73 bits per heavy atom. The number of carbonyl (C=O) groups excluding carboxylic acids is 1. The Labute approximate surface area is 169 Å². The number of ketones is 1. The third-order valence-corrected chi connectivity index (χ3v) is 4.91. The average Bonchev–Trinajstić information content (AvgIpc) is 3.09. The highest BCUT2D eigenvalue weighted by atomic mass is 32.1. The van der Waals surface area contributed by atoms with Gasteiger partial charge in [-0.05, 0) is 18.2 Å². The highest BCUT2D eigenvalue weighted by Gasteiger charge is 2.37. The largest absolute Gasteiger partial charge is 0.434 e. The van der Waals surface area contributed by atoms with Crippen molar-refractivity contribution in [2.75, 3.05) is 0 Å². The van der Waals surface area contributed by atoms with Gasteiger partial charge >= 0.3 is 12.4 Å². The molecule has 0 aliphatic carbocycles. The quantitative estimate of drug-likeness (QED) is 0.394. The molecule has 0 unspecified atom stereocenters. The Bertz CT molecular complexity index is 1140. The minimum Gasteiger partial charge on any atom is -0.294 e. The number of hydrogen-bond acceptors (Lipinski definition) is 5. The molecule has 3 rings (SSSR count). The van der Waals surface area contributed by atoms with E-state index in [1.165, 1.54) is 12.1 Å². The van der Waals surface area contributed by atoms with Gasteiger partial charge in [0.1, 0.15) is 21.6 Å². The summed E-state index contributed by atoms with van der Waals surface area (Å²) in [5, 5.41) is 9.20. The Hall–Kier alpha value is -3.26. The van der Waals surface area contributed by atoms with Crippen LogP contribution in [-0.4, -0.2) is 15.8 Å². The van der Waals surface area contributed by atoms with Crippen molar-refractivity contribution in [3.05, 3.63) is 69.3 Å². The molecule has 0 amide bonds. The van der Waals surface area contributed by atoms with E-state index >= 15 is 0 Å². The van der Waals surface area contributed by atoms with Crippen LogP contribution in [0, 0.1) is 11.3 Å². The summed E-state index contributed by atoms with van der Waals surface area (Å²) in [4.78, 5) is 19.4. The van der Waals surface area contributed by atoms with E-state index in [2.05, 4.69) is 9.97 Å². The summed E-state index contributed by atoms with van der Waals surface area (Å²) >= 11 is 0.648. The number of pyridine rings is 1. The van der Waals surface area contributed by atoms with Crippen LogP contribution in [0.25, 0.3) is 11.3 Å². The smallest absolute Gasteiger partial charge is 0.294 e. The number of alkyl halides is 6. The molecule has 0 aliphatic heterocycles. The molecule has 154 valence electrons. The molecule has 0 saturated heterocycles. The van der Waals surface area contributed by atoms with Crippen molar-refractivity contribution in [3.8, 4) is 17.3 Å². The Kier molecular flexibility index (Phi) is 5.63. The normalized spacial score (nSPS) is 11.9. The van der Waals surface area contributed by atoms with Crippen molar-refractivity contribution in [3.63, 3.8) is 0 Å². The van der Waals surface area contributed by atoms with Crippen molar-refractivity contribution < 1.29 is 31.1 Å². The molecule has 1 aromatic carbocycles. The van der Waals surface area contributed by atoms with Crippen molar-refractivity contribution >= 4 is 17.1 Å². The lowest BCUT2D eigenvalue weighted by Gasteiger charge is -2.11. The van der Waals surface area contributed by atoms with Gasteiger partial charge in [-0.25, -0.2) is 4.98 Å². The molecule has 30 heavy (non-hydrogen) atoms. The topological polar surface area (TPSA) is 66.6 Å². The van der Waals surface area contributed by atoms with Gasteiger partial charge < -0.3 is 0 Å². The molecule has 0 spiro atoms. The molecule has 0 N–H and O–H groups in total. The van der Waals surface area contributed by atoms with Gasteiger partial charge in [-0.15, -0.1) is 11.3 Å². The van der Waals surface area contributed by atoms with E-state index in [-0.39, 0.29) is 21.1 Å². The molecule has 0 fully saturated rings. The summed E-state index contributed by atoms with van der Waals surface area (Å²) in [6.45, 7) is 0. The molecule has 3 aromatic rings. The molecular formula is C19H9F6N3OS. The maximum atomic E-state index is 13.3. The second-order valence-corrected chi connectivity index (χ2v) is 7.02. The summed E-state index contributed by atoms with van der Waals surface area (Å²) in [5.74, 6) is -0.968. The van der Waals surface area contributed by atoms with Crippen LogP contribution in [0.4, 0.5) is 26.3 Å². The standard InChI is InChI=1S/C19H9F6N3OS/c20-18(21,22)12-6-2-1-4-10(12)16-14(9-26)30-15(28-16)8-13(29)11-5-3-7-27-17(11)19(23,24)25/h1-7H,8H2. The van der Waals surface area contributed by atoms with Crippen LogP contribution < -0.4 is 0 Å². The SMILES string of the molecule is N#Cc1sc(CC(=O)c2cccnc2C(F)(F)F)nc1-c1ccccc1C(F)(F)F. The minimum atomic E-state index is -4.86. The first-order chi connectivity index (χ1) is 14.0. The van der Waals surface area contributed by atoms with E-state index in [0.29, 0.717) is 11.3 Å². The van der Waals surface area contributed by atoms with Crippen LogP contribution in [0.15, 0.2) is 42.6 Å². The third kappa shape index (κ3) is 4.33. The molecule has 2 heterocycles. The number of nitrogens with zero attached hydrogens (tertiary/aromatic N) is 3. The first kappa shape index (κ1) is 21.4. The van der Waals surface area contributed by atoms with E-state index in [1.807, 2.05) is 0 Å². The summed E-state index contributed by atoms with van der Waals surface area (Å²) in [5.41, 5.74) is -3.70. The number of thiazole rings is 1. The molecule has 0 aliphatic rings. The lowest BCUT2D eigenvalue weighted by atomic mass is 10.0. The maximum absolute atomic E-state index is 13.3. The van der Waals surface area contributed by atoms with Crippen LogP contribution in [-0.2, 0) is 18.8 Å². The molecule has 0 bridgehead atoms. The molecule has 0 saturated carbocycles. The van der Waals surface area contributed by atoms with Crippen molar-refractivity contribution in [1.82, 2.24) is 9.97 Å². The van der Waals surface area contributed by atoms with Gasteiger partial charge in [0, 0.05) is 17.3 Å². The zero-order valence-electron chi connectivity index (χ0n) is 14.7. The summed E-state index contributed by atoms with van der Waals surface area (Å²) < 4.78 is 79.1. The molecule has 2 aromatic heterocycles. The van der Waals surface area contributed by atoms with Crippen molar-refractivity contribution in [1.29, 1.82) is 5.26 Å². The lowest BCUT2D eigenvalue weighted by molar-refractivity contribution is -0.141. The third-order valence-electron chi connectivity index (χ3n) is 3.95.